The van der Waals surface area contributed by atoms with Crippen LogP contribution >= 0.6 is 0 Å². The zero-order chi connectivity index (χ0) is 28.2. The lowest BCUT2D eigenvalue weighted by Crippen LogP contribution is -2.61. The molecule has 4 aliphatic heterocycles. The summed E-state index contributed by atoms with van der Waals surface area (Å²) in [6.07, 6.45) is -3.88. The Hall–Kier alpha value is -2.90. The van der Waals surface area contributed by atoms with Crippen molar-refractivity contribution in [2.75, 3.05) is 13.1 Å². The summed E-state index contributed by atoms with van der Waals surface area (Å²) < 4.78 is 45.2. The van der Waals surface area contributed by atoms with E-state index in [-0.39, 0.29) is 37.0 Å². The van der Waals surface area contributed by atoms with Crippen molar-refractivity contribution in [1.29, 1.82) is 0 Å². The molecule has 5 amide bonds. The van der Waals surface area contributed by atoms with E-state index in [4.69, 9.17) is 10.5 Å². The topological polar surface area (TPSA) is 160 Å². The Morgan fingerprint density at radius 2 is 1.76 bits per heavy atom. The van der Waals surface area contributed by atoms with Crippen molar-refractivity contribution < 1.29 is 41.9 Å². The second-order valence-electron chi connectivity index (χ2n) is 11.7. The van der Waals surface area contributed by atoms with Gasteiger partial charge in [0.15, 0.2) is 0 Å². The molecule has 0 aromatic carbocycles. The van der Waals surface area contributed by atoms with Crippen LogP contribution in [0.5, 0.6) is 0 Å². The SMILES string of the molecule is CC(C)(C)[C@H](NC(=O)C(F)(F)F)C(=O)N1C[C@H]2[C@@H]([C@H]1C(=O)N[C@@H](C[C@@H]1CCNC1=O)C(N)=O)[C@H]1CC[C@@H]2O1. The smallest absolute Gasteiger partial charge is 0.374 e. The van der Waals surface area contributed by atoms with Gasteiger partial charge in [0, 0.05) is 30.8 Å². The van der Waals surface area contributed by atoms with Crippen molar-refractivity contribution >= 4 is 29.5 Å². The van der Waals surface area contributed by atoms with Crippen molar-refractivity contribution in [2.45, 2.75) is 83.0 Å². The van der Waals surface area contributed by atoms with E-state index in [9.17, 15) is 37.1 Å². The highest BCUT2D eigenvalue weighted by Crippen LogP contribution is 2.50. The largest absolute Gasteiger partial charge is 0.471 e. The molecular weight excluding hydrogens is 511 g/mol. The number of alkyl halides is 3. The van der Waals surface area contributed by atoms with E-state index in [1.54, 1.807) is 0 Å². The van der Waals surface area contributed by atoms with E-state index in [0.29, 0.717) is 19.4 Å². The zero-order valence-electron chi connectivity index (χ0n) is 21.5. The highest BCUT2D eigenvalue weighted by molar-refractivity contribution is 5.96. The molecule has 4 heterocycles. The number of amides is 5. The minimum atomic E-state index is -5.20. The first-order valence-electron chi connectivity index (χ1n) is 12.8. The summed E-state index contributed by atoms with van der Waals surface area (Å²) in [5.41, 5.74) is 4.41. The number of primary amides is 1. The second-order valence-corrected chi connectivity index (χ2v) is 11.7. The number of ether oxygens (including phenoxy) is 1. The lowest BCUT2D eigenvalue weighted by Gasteiger charge is -2.37. The fraction of sp³-hybridized carbons (Fsp3) is 0.792. The summed E-state index contributed by atoms with van der Waals surface area (Å²) in [6, 6.07) is -3.90. The highest BCUT2D eigenvalue weighted by atomic mass is 19.4. The highest BCUT2D eigenvalue weighted by Gasteiger charge is 2.61. The lowest BCUT2D eigenvalue weighted by atomic mass is 9.78. The molecule has 0 aromatic heterocycles. The molecule has 0 spiro atoms. The molecule has 11 nitrogen and oxygen atoms in total. The number of rotatable bonds is 7. The summed E-state index contributed by atoms with van der Waals surface area (Å²) >= 11 is 0. The van der Waals surface area contributed by atoms with Crippen LogP contribution in [0.15, 0.2) is 0 Å². The Morgan fingerprint density at radius 1 is 1.11 bits per heavy atom. The normalized spacial score (nSPS) is 31.9. The van der Waals surface area contributed by atoms with Crippen LogP contribution in [-0.2, 0) is 28.7 Å². The van der Waals surface area contributed by atoms with Crippen molar-refractivity contribution in [2.24, 2.45) is 28.9 Å². The Kier molecular flexibility index (Phi) is 7.40. The average Bonchev–Trinajstić information content (AvgIpc) is 3.57. The number of likely N-dealkylation sites (tertiary alicyclic amines) is 1. The van der Waals surface area contributed by atoms with Gasteiger partial charge in [-0.25, -0.2) is 0 Å². The summed E-state index contributed by atoms with van der Waals surface area (Å²) in [6.45, 7) is 5.04. The first-order valence-corrected chi connectivity index (χ1v) is 12.8. The van der Waals surface area contributed by atoms with Gasteiger partial charge >= 0.3 is 12.1 Å². The van der Waals surface area contributed by atoms with Gasteiger partial charge in [-0.15, -0.1) is 0 Å². The molecular formula is C24H34F3N5O6. The third-order valence-electron chi connectivity index (χ3n) is 8.13. The van der Waals surface area contributed by atoms with E-state index < -0.39 is 65.2 Å². The number of nitrogens with zero attached hydrogens (tertiary/aromatic N) is 1. The van der Waals surface area contributed by atoms with Gasteiger partial charge in [-0.1, -0.05) is 20.8 Å². The zero-order valence-corrected chi connectivity index (χ0v) is 21.5. The number of hydrogen-bond acceptors (Lipinski definition) is 6. The first-order chi connectivity index (χ1) is 17.6. The molecule has 0 unspecified atom stereocenters. The number of nitrogens with two attached hydrogens (primary N) is 1. The van der Waals surface area contributed by atoms with E-state index in [1.165, 1.54) is 25.7 Å². The molecule has 2 bridgehead atoms. The fourth-order valence-corrected chi connectivity index (χ4v) is 6.26. The predicted molar refractivity (Wildman–Crippen MR) is 125 cm³/mol. The molecule has 5 N–H and O–H groups in total. The number of halogens is 3. The van der Waals surface area contributed by atoms with Crippen LogP contribution in [0.1, 0.15) is 46.5 Å². The van der Waals surface area contributed by atoms with Crippen LogP contribution in [0.25, 0.3) is 0 Å². The standard InChI is InChI=1S/C24H34F3N5O6/c1-23(2,3)17(31-22(37)24(25,26)27)21(36)32-9-11-13-4-5-14(38-13)15(11)16(32)20(35)30-12(18(28)33)8-10-6-7-29-19(10)34/h10-17H,4-9H2,1-3H3,(H2,28,33)(H,29,34)(H,30,35)(H,31,37)/t10-,11+,12-,13-,14+,15+,16-,17+/m0/s1. The maximum Gasteiger partial charge on any atom is 0.471 e. The van der Waals surface area contributed by atoms with Crippen molar-refractivity contribution in [1.82, 2.24) is 20.9 Å². The van der Waals surface area contributed by atoms with E-state index >= 15 is 0 Å². The number of hydrogen-bond donors (Lipinski definition) is 4. The van der Waals surface area contributed by atoms with Gasteiger partial charge in [-0.05, 0) is 31.1 Å². The van der Waals surface area contributed by atoms with Crippen LogP contribution in [0.4, 0.5) is 13.2 Å². The average molecular weight is 546 g/mol. The van der Waals surface area contributed by atoms with Gasteiger partial charge < -0.3 is 31.3 Å². The summed E-state index contributed by atoms with van der Waals surface area (Å²) in [4.78, 5) is 64.6. The number of carbonyl (C=O) groups excluding carboxylic acids is 5. The molecule has 0 aromatic rings. The van der Waals surface area contributed by atoms with E-state index in [2.05, 4.69) is 10.6 Å². The third kappa shape index (κ3) is 5.32. The van der Waals surface area contributed by atoms with Crippen LogP contribution in [0, 0.1) is 23.2 Å². The molecule has 4 aliphatic rings. The molecule has 0 aliphatic carbocycles. The van der Waals surface area contributed by atoms with Gasteiger partial charge in [0.2, 0.25) is 23.6 Å². The van der Waals surface area contributed by atoms with Gasteiger partial charge in [-0.3, -0.25) is 24.0 Å². The minimum absolute atomic E-state index is 0.0174. The molecule has 14 heteroatoms. The monoisotopic (exact) mass is 545 g/mol. The number of fused-ring (bicyclic) bond motifs is 5. The Labute approximate surface area is 217 Å². The Bertz CT molecular complexity index is 1010. The lowest BCUT2D eigenvalue weighted by molar-refractivity contribution is -0.176. The molecule has 4 rings (SSSR count). The third-order valence-corrected chi connectivity index (χ3v) is 8.13. The molecule has 8 atom stereocenters. The van der Waals surface area contributed by atoms with Crippen molar-refractivity contribution in [3.8, 4) is 0 Å². The second kappa shape index (κ2) is 10.0. The van der Waals surface area contributed by atoms with Crippen LogP contribution < -0.4 is 21.7 Å². The van der Waals surface area contributed by atoms with Gasteiger partial charge in [0.25, 0.3) is 0 Å². The molecule has 4 saturated heterocycles. The summed E-state index contributed by atoms with van der Waals surface area (Å²) in [5.74, 6) is -6.04. The molecule has 4 fully saturated rings. The molecule has 212 valence electrons. The van der Waals surface area contributed by atoms with E-state index in [1.807, 2.05) is 5.32 Å². The van der Waals surface area contributed by atoms with Crippen LogP contribution in [-0.4, -0.2) is 84.0 Å². The fourth-order valence-electron chi connectivity index (χ4n) is 6.26. The van der Waals surface area contributed by atoms with Crippen molar-refractivity contribution in [3.63, 3.8) is 0 Å². The first kappa shape index (κ1) is 28.1. The molecule has 0 saturated carbocycles. The predicted octanol–water partition coefficient (Wildman–Crippen LogP) is -0.420. The molecule has 0 radical (unpaired) electrons. The van der Waals surface area contributed by atoms with Crippen LogP contribution in [0.3, 0.4) is 0 Å². The summed E-state index contributed by atoms with van der Waals surface area (Å²) in [5, 5.41) is 7.07. The Morgan fingerprint density at radius 3 is 2.32 bits per heavy atom. The Balaban J connectivity index is 1.60. The van der Waals surface area contributed by atoms with Crippen molar-refractivity contribution in [3.05, 3.63) is 0 Å². The maximum atomic E-state index is 13.8. The van der Waals surface area contributed by atoms with Gasteiger partial charge in [0.1, 0.15) is 18.1 Å². The molecule has 38 heavy (non-hydrogen) atoms. The maximum absolute atomic E-state index is 13.8. The van der Waals surface area contributed by atoms with Gasteiger partial charge in [-0.2, -0.15) is 13.2 Å². The quantitative estimate of drug-likeness (QED) is 0.340. The van der Waals surface area contributed by atoms with Crippen LogP contribution in [0.2, 0.25) is 0 Å². The van der Waals surface area contributed by atoms with E-state index in [0.717, 1.165) is 6.42 Å². The summed E-state index contributed by atoms with van der Waals surface area (Å²) in [7, 11) is 0. The number of carbonyl (C=O) groups is 5. The minimum Gasteiger partial charge on any atom is -0.374 e. The van der Waals surface area contributed by atoms with Gasteiger partial charge in [0.05, 0.1) is 12.2 Å². The number of nitrogens with one attached hydrogen (secondary N) is 3.